The van der Waals surface area contributed by atoms with Gasteiger partial charge in [-0.25, -0.2) is 4.39 Å². The molecular weight excluding hydrogens is 253 g/mol. The molecule has 0 spiro atoms. The van der Waals surface area contributed by atoms with E-state index in [0.717, 1.165) is 18.5 Å². The average molecular weight is 266 g/mol. The van der Waals surface area contributed by atoms with E-state index in [1.807, 2.05) is 0 Å². The van der Waals surface area contributed by atoms with E-state index >= 15 is 0 Å². The number of nitrogens with one attached hydrogen (secondary N) is 1. The number of fused-ring (bicyclic) bond motifs is 1. The number of halogens is 2. The predicted octanol–water partition coefficient (Wildman–Crippen LogP) is 3.98. The molecule has 0 atom stereocenters. The number of hydrogen-bond acceptors (Lipinski definition) is 1. The molecule has 3 rings (SSSR count). The molecule has 1 aromatic carbocycles. The maximum Gasteiger partial charge on any atom is 0.189 e. The fourth-order valence-corrected chi connectivity index (χ4v) is 2.96. The maximum absolute atomic E-state index is 13.8. The third kappa shape index (κ3) is 1.93. The summed E-state index contributed by atoms with van der Waals surface area (Å²) in [5.74, 6) is -0.105. The molecule has 1 aromatic heterocycles. The number of benzene rings is 1. The van der Waals surface area contributed by atoms with Crippen molar-refractivity contribution in [1.29, 1.82) is 0 Å². The minimum absolute atomic E-state index is 0.160. The van der Waals surface area contributed by atoms with Crippen LogP contribution in [-0.4, -0.2) is 4.98 Å². The van der Waals surface area contributed by atoms with Crippen LogP contribution in [-0.2, 0) is 0 Å². The largest absolute Gasteiger partial charge is 0.356 e. The van der Waals surface area contributed by atoms with Gasteiger partial charge in [0.2, 0.25) is 0 Å². The van der Waals surface area contributed by atoms with Crippen molar-refractivity contribution in [2.24, 2.45) is 0 Å². The van der Waals surface area contributed by atoms with Gasteiger partial charge in [-0.1, -0.05) is 24.4 Å². The summed E-state index contributed by atoms with van der Waals surface area (Å²) in [6.45, 7) is 0. The van der Waals surface area contributed by atoms with Gasteiger partial charge in [-0.05, 0) is 30.9 Å². The Balaban J connectivity index is 2.23. The number of aromatic nitrogens is 1. The van der Waals surface area contributed by atoms with E-state index in [0.29, 0.717) is 11.3 Å². The van der Waals surface area contributed by atoms with Gasteiger partial charge < -0.3 is 4.98 Å². The lowest BCUT2D eigenvalue weighted by Crippen LogP contribution is -2.08. The number of H-pyrrole nitrogens is 1. The van der Waals surface area contributed by atoms with Crippen LogP contribution in [0, 0.1) is 5.82 Å². The zero-order valence-electron chi connectivity index (χ0n) is 9.80. The van der Waals surface area contributed by atoms with Gasteiger partial charge in [0.05, 0.1) is 5.52 Å². The van der Waals surface area contributed by atoms with Crippen molar-refractivity contribution >= 4 is 22.5 Å². The van der Waals surface area contributed by atoms with E-state index in [4.69, 9.17) is 11.6 Å². The van der Waals surface area contributed by atoms with E-state index in [2.05, 4.69) is 4.98 Å². The fraction of sp³-hybridized carbons (Fsp3) is 0.357. The topological polar surface area (TPSA) is 32.9 Å². The van der Waals surface area contributed by atoms with E-state index in [1.54, 1.807) is 6.07 Å². The Morgan fingerprint density at radius 1 is 1.22 bits per heavy atom. The minimum Gasteiger partial charge on any atom is -0.356 e. The van der Waals surface area contributed by atoms with Crippen LogP contribution < -0.4 is 5.43 Å². The van der Waals surface area contributed by atoms with E-state index in [1.165, 1.54) is 25.0 Å². The number of aromatic amines is 1. The Bertz CT molecular complexity index is 659. The molecule has 0 bridgehead atoms. The second-order valence-corrected chi connectivity index (χ2v) is 5.32. The predicted molar refractivity (Wildman–Crippen MR) is 70.7 cm³/mol. The number of pyridine rings is 1. The number of rotatable bonds is 1. The molecule has 0 unspecified atom stereocenters. The Labute approximate surface area is 109 Å². The van der Waals surface area contributed by atoms with Crippen molar-refractivity contribution in [2.75, 3.05) is 0 Å². The molecule has 1 aliphatic rings. The Hall–Kier alpha value is -1.35. The summed E-state index contributed by atoms with van der Waals surface area (Å²) in [4.78, 5) is 15.1. The van der Waals surface area contributed by atoms with E-state index in [9.17, 15) is 9.18 Å². The van der Waals surface area contributed by atoms with Crippen LogP contribution in [0.4, 0.5) is 4.39 Å². The summed E-state index contributed by atoms with van der Waals surface area (Å²) < 4.78 is 13.8. The lowest BCUT2D eigenvalue weighted by molar-refractivity contribution is 0.633. The van der Waals surface area contributed by atoms with Crippen molar-refractivity contribution < 1.29 is 4.39 Å². The van der Waals surface area contributed by atoms with E-state index < -0.39 is 5.82 Å². The van der Waals surface area contributed by atoms with Gasteiger partial charge in [-0.3, -0.25) is 4.79 Å². The molecule has 1 saturated carbocycles. The third-order valence-electron chi connectivity index (χ3n) is 3.67. The first-order chi connectivity index (χ1) is 8.65. The summed E-state index contributed by atoms with van der Waals surface area (Å²) in [5, 5.41) is 0.570. The molecule has 1 N–H and O–H groups in total. The van der Waals surface area contributed by atoms with Gasteiger partial charge in [-0.15, -0.1) is 0 Å². The fourth-order valence-electron chi connectivity index (χ4n) is 2.75. The normalized spacial score (nSPS) is 16.6. The Kier molecular flexibility index (Phi) is 2.86. The third-order valence-corrected chi connectivity index (χ3v) is 3.89. The van der Waals surface area contributed by atoms with Crippen molar-refractivity contribution in [3.05, 3.63) is 45.0 Å². The van der Waals surface area contributed by atoms with Crippen LogP contribution in [0.15, 0.2) is 23.0 Å². The first kappa shape index (κ1) is 11.7. The summed E-state index contributed by atoms with van der Waals surface area (Å²) in [7, 11) is 0. The average Bonchev–Trinajstić information content (AvgIpc) is 2.83. The molecule has 2 aromatic rings. The van der Waals surface area contributed by atoms with Crippen LogP contribution in [0.25, 0.3) is 10.9 Å². The standard InChI is InChI=1S/C14H13ClFNO/c15-9-5-10-13(18)7-12(8-3-1-2-4-8)17-14(10)11(16)6-9/h5-8H,1-4H2,(H,17,18). The lowest BCUT2D eigenvalue weighted by atomic mass is 10.0. The second kappa shape index (κ2) is 4.39. The van der Waals surface area contributed by atoms with Crippen molar-refractivity contribution in [1.82, 2.24) is 4.98 Å². The Morgan fingerprint density at radius 3 is 2.67 bits per heavy atom. The highest BCUT2D eigenvalue weighted by Crippen LogP contribution is 2.33. The van der Waals surface area contributed by atoms with Crippen LogP contribution in [0.5, 0.6) is 0 Å². The monoisotopic (exact) mass is 265 g/mol. The molecular formula is C14H13ClFNO. The molecule has 1 heterocycles. The molecule has 0 saturated heterocycles. The second-order valence-electron chi connectivity index (χ2n) is 4.88. The van der Waals surface area contributed by atoms with Crippen molar-refractivity contribution in [2.45, 2.75) is 31.6 Å². The van der Waals surface area contributed by atoms with Gasteiger partial charge in [0.25, 0.3) is 0 Å². The molecule has 1 fully saturated rings. The molecule has 1 aliphatic carbocycles. The van der Waals surface area contributed by atoms with Gasteiger partial charge >= 0.3 is 0 Å². The van der Waals surface area contributed by atoms with Gasteiger partial charge in [0.15, 0.2) is 5.43 Å². The molecule has 0 radical (unpaired) electrons. The molecule has 94 valence electrons. The summed E-state index contributed by atoms with van der Waals surface area (Å²) in [6.07, 6.45) is 4.48. The highest BCUT2D eigenvalue weighted by Gasteiger charge is 2.19. The van der Waals surface area contributed by atoms with Gasteiger partial charge in [0.1, 0.15) is 5.82 Å². The van der Waals surface area contributed by atoms with Crippen LogP contribution in [0.3, 0.4) is 0 Å². The van der Waals surface area contributed by atoms with Crippen molar-refractivity contribution in [3.8, 4) is 0 Å². The molecule has 2 nitrogen and oxygen atoms in total. The first-order valence-corrected chi connectivity index (χ1v) is 6.55. The smallest absolute Gasteiger partial charge is 0.189 e. The molecule has 0 amide bonds. The van der Waals surface area contributed by atoms with Crippen LogP contribution in [0.1, 0.15) is 37.3 Å². The zero-order valence-corrected chi connectivity index (χ0v) is 10.6. The highest BCUT2D eigenvalue weighted by atomic mass is 35.5. The summed E-state index contributed by atoms with van der Waals surface area (Å²) in [5.41, 5.74) is 0.965. The molecule has 4 heteroatoms. The SMILES string of the molecule is O=c1cc(C2CCCC2)[nH]c2c(F)cc(Cl)cc12. The summed E-state index contributed by atoms with van der Waals surface area (Å²) in [6, 6.07) is 4.34. The maximum atomic E-state index is 13.8. The Morgan fingerprint density at radius 2 is 1.94 bits per heavy atom. The first-order valence-electron chi connectivity index (χ1n) is 6.17. The van der Waals surface area contributed by atoms with Gasteiger partial charge in [0, 0.05) is 22.2 Å². The van der Waals surface area contributed by atoms with Gasteiger partial charge in [-0.2, -0.15) is 0 Å². The minimum atomic E-state index is -0.463. The number of hydrogen-bond donors (Lipinski definition) is 1. The lowest BCUT2D eigenvalue weighted by Gasteiger charge is -2.11. The summed E-state index contributed by atoms with van der Waals surface area (Å²) >= 11 is 5.77. The van der Waals surface area contributed by atoms with Crippen molar-refractivity contribution in [3.63, 3.8) is 0 Å². The quantitative estimate of drug-likeness (QED) is 0.831. The van der Waals surface area contributed by atoms with Crippen LogP contribution in [0.2, 0.25) is 5.02 Å². The highest BCUT2D eigenvalue weighted by molar-refractivity contribution is 6.31. The van der Waals surface area contributed by atoms with E-state index in [-0.39, 0.29) is 16.0 Å². The molecule has 0 aliphatic heterocycles. The van der Waals surface area contributed by atoms with Crippen LogP contribution >= 0.6 is 11.6 Å². The zero-order chi connectivity index (χ0) is 12.7. The molecule has 18 heavy (non-hydrogen) atoms.